The molecule has 5 nitrogen and oxygen atoms in total. The van der Waals surface area contributed by atoms with Gasteiger partial charge in [0.05, 0.1) is 12.0 Å². The Labute approximate surface area is 140 Å². The summed E-state index contributed by atoms with van der Waals surface area (Å²) in [7, 11) is 0. The van der Waals surface area contributed by atoms with Crippen molar-refractivity contribution in [3.63, 3.8) is 0 Å². The Balaban J connectivity index is 1.50. The topological polar surface area (TPSA) is 53.5 Å². The van der Waals surface area contributed by atoms with E-state index >= 15 is 0 Å². The Morgan fingerprint density at radius 3 is 2.83 bits per heavy atom. The number of likely N-dealkylation sites (tertiary alicyclic amines) is 2. The molecule has 1 aliphatic carbocycles. The first-order valence-electron chi connectivity index (χ1n) is 8.65. The van der Waals surface area contributed by atoms with Gasteiger partial charge in [-0.3, -0.25) is 9.59 Å². The Morgan fingerprint density at radius 1 is 1.30 bits per heavy atom. The maximum atomic E-state index is 13.0. The van der Waals surface area contributed by atoms with Crippen molar-refractivity contribution in [1.82, 2.24) is 14.8 Å². The number of aromatic nitrogens is 1. The second-order valence-corrected chi connectivity index (χ2v) is 7.94. The number of rotatable bonds is 3. The quantitative estimate of drug-likeness (QED) is 0.854. The van der Waals surface area contributed by atoms with Crippen LogP contribution in [-0.2, 0) is 9.59 Å². The number of thiazole rings is 1. The Morgan fingerprint density at radius 2 is 2.13 bits per heavy atom. The van der Waals surface area contributed by atoms with Crippen molar-refractivity contribution in [2.24, 2.45) is 5.92 Å². The van der Waals surface area contributed by atoms with Gasteiger partial charge in [-0.05, 0) is 39.0 Å². The van der Waals surface area contributed by atoms with E-state index < -0.39 is 0 Å². The van der Waals surface area contributed by atoms with Crippen LogP contribution in [0.1, 0.15) is 55.3 Å². The molecule has 2 amide bonds. The predicted molar refractivity (Wildman–Crippen MR) is 88.0 cm³/mol. The van der Waals surface area contributed by atoms with Gasteiger partial charge < -0.3 is 9.80 Å². The van der Waals surface area contributed by atoms with E-state index in [0.717, 1.165) is 49.4 Å². The van der Waals surface area contributed by atoms with Crippen molar-refractivity contribution in [3.05, 3.63) is 16.1 Å². The fraction of sp³-hybridized carbons (Fsp3) is 0.706. The molecule has 2 saturated heterocycles. The van der Waals surface area contributed by atoms with Gasteiger partial charge in [-0.15, -0.1) is 11.3 Å². The molecule has 23 heavy (non-hydrogen) atoms. The fourth-order valence-electron chi connectivity index (χ4n) is 3.85. The second-order valence-electron chi connectivity index (χ2n) is 7.05. The third-order valence-corrected chi connectivity index (χ3v) is 6.27. The van der Waals surface area contributed by atoms with Gasteiger partial charge in [-0.2, -0.15) is 0 Å². The highest BCUT2D eigenvalue weighted by molar-refractivity contribution is 7.09. The van der Waals surface area contributed by atoms with Crippen molar-refractivity contribution >= 4 is 23.2 Å². The smallest absolute Gasteiger partial charge is 0.228 e. The summed E-state index contributed by atoms with van der Waals surface area (Å²) >= 11 is 1.65. The first-order valence-corrected chi connectivity index (χ1v) is 9.53. The first kappa shape index (κ1) is 15.1. The van der Waals surface area contributed by atoms with Gasteiger partial charge in [-0.25, -0.2) is 4.98 Å². The standard InChI is InChI=1S/C17H23N3O2S/c1-11-10-23-16(18-11)14-4-2-3-7-19(14)17(22)12-8-15(21)20(9-12)13-5-6-13/h10,12-14H,2-9H2,1H3/t12-,14-/m1/s1. The average molecular weight is 333 g/mol. The third-order valence-electron chi connectivity index (χ3n) is 5.20. The molecule has 3 aliphatic rings. The van der Waals surface area contributed by atoms with E-state index in [9.17, 15) is 9.59 Å². The van der Waals surface area contributed by atoms with Gasteiger partial charge >= 0.3 is 0 Å². The van der Waals surface area contributed by atoms with Crippen LogP contribution < -0.4 is 0 Å². The lowest BCUT2D eigenvalue weighted by molar-refractivity contribution is -0.139. The van der Waals surface area contributed by atoms with Crippen LogP contribution in [-0.4, -0.2) is 45.7 Å². The zero-order valence-corrected chi connectivity index (χ0v) is 14.3. The third kappa shape index (κ3) is 2.89. The van der Waals surface area contributed by atoms with E-state index in [1.54, 1.807) is 11.3 Å². The summed E-state index contributed by atoms with van der Waals surface area (Å²) in [6.45, 7) is 3.43. The summed E-state index contributed by atoms with van der Waals surface area (Å²) in [6, 6.07) is 0.527. The first-order chi connectivity index (χ1) is 11.1. The molecular weight excluding hydrogens is 310 g/mol. The zero-order valence-electron chi connectivity index (χ0n) is 13.5. The minimum absolute atomic E-state index is 0.111. The molecule has 1 aromatic heterocycles. The minimum Gasteiger partial charge on any atom is -0.339 e. The molecule has 0 radical (unpaired) electrons. The van der Waals surface area contributed by atoms with Gasteiger partial charge in [0.1, 0.15) is 5.01 Å². The van der Waals surface area contributed by atoms with E-state index in [1.807, 2.05) is 16.7 Å². The molecule has 0 bridgehead atoms. The van der Waals surface area contributed by atoms with Crippen molar-refractivity contribution in [2.45, 2.75) is 57.5 Å². The van der Waals surface area contributed by atoms with Crippen LogP contribution >= 0.6 is 11.3 Å². The molecule has 1 saturated carbocycles. The maximum absolute atomic E-state index is 13.0. The molecule has 2 atom stereocenters. The van der Waals surface area contributed by atoms with Crippen LogP contribution in [0.4, 0.5) is 0 Å². The lowest BCUT2D eigenvalue weighted by Gasteiger charge is -2.36. The average Bonchev–Trinajstić information content (AvgIpc) is 3.19. The fourth-order valence-corrected chi connectivity index (χ4v) is 4.79. The van der Waals surface area contributed by atoms with Crippen molar-refractivity contribution in [3.8, 4) is 0 Å². The highest BCUT2D eigenvalue weighted by Gasteiger charge is 2.44. The largest absolute Gasteiger partial charge is 0.339 e. The summed E-state index contributed by atoms with van der Waals surface area (Å²) in [5.41, 5.74) is 1.03. The SMILES string of the molecule is Cc1csc([C@H]2CCCCN2C(=O)[C@@H]2CC(=O)N(C3CC3)C2)n1. The van der Waals surface area contributed by atoms with E-state index in [1.165, 1.54) is 0 Å². The van der Waals surface area contributed by atoms with Crippen LogP contribution in [0.25, 0.3) is 0 Å². The summed E-state index contributed by atoms with van der Waals surface area (Å²) in [5, 5.41) is 3.11. The van der Waals surface area contributed by atoms with E-state index in [2.05, 4.69) is 10.4 Å². The van der Waals surface area contributed by atoms with E-state index in [4.69, 9.17) is 0 Å². The predicted octanol–water partition coefficient (Wildman–Crippen LogP) is 2.52. The summed E-state index contributed by atoms with van der Waals surface area (Å²) in [4.78, 5) is 33.8. The molecule has 0 unspecified atom stereocenters. The number of carbonyl (C=O) groups is 2. The molecule has 0 spiro atoms. The molecule has 124 valence electrons. The molecule has 1 aromatic rings. The molecule has 3 fully saturated rings. The van der Waals surface area contributed by atoms with Gasteiger partial charge in [0.25, 0.3) is 0 Å². The molecule has 2 aliphatic heterocycles. The highest BCUT2D eigenvalue weighted by Crippen LogP contribution is 2.37. The lowest BCUT2D eigenvalue weighted by Crippen LogP contribution is -2.42. The molecule has 0 N–H and O–H groups in total. The Kier molecular flexibility index (Phi) is 3.87. The normalized spacial score (nSPS) is 28.5. The molecular formula is C17H23N3O2S. The number of amides is 2. The lowest BCUT2D eigenvalue weighted by atomic mass is 9.99. The van der Waals surface area contributed by atoms with Crippen LogP contribution in [0.3, 0.4) is 0 Å². The van der Waals surface area contributed by atoms with E-state index in [0.29, 0.717) is 19.0 Å². The molecule has 3 heterocycles. The second kappa shape index (κ2) is 5.89. The molecule has 4 rings (SSSR count). The number of hydrogen-bond acceptors (Lipinski definition) is 4. The summed E-state index contributed by atoms with van der Waals surface area (Å²) < 4.78 is 0. The molecule has 0 aromatic carbocycles. The monoisotopic (exact) mass is 333 g/mol. The number of nitrogens with zero attached hydrogens (tertiary/aromatic N) is 3. The van der Waals surface area contributed by atoms with Crippen LogP contribution in [0.5, 0.6) is 0 Å². The Hall–Kier alpha value is -1.43. The maximum Gasteiger partial charge on any atom is 0.228 e. The van der Waals surface area contributed by atoms with Gasteiger partial charge in [0.15, 0.2) is 0 Å². The highest BCUT2D eigenvalue weighted by atomic mass is 32.1. The van der Waals surface area contributed by atoms with Gasteiger partial charge in [-0.1, -0.05) is 0 Å². The van der Waals surface area contributed by atoms with Crippen molar-refractivity contribution in [2.75, 3.05) is 13.1 Å². The molecule has 6 heteroatoms. The van der Waals surface area contributed by atoms with Crippen LogP contribution in [0.2, 0.25) is 0 Å². The van der Waals surface area contributed by atoms with Crippen molar-refractivity contribution in [1.29, 1.82) is 0 Å². The van der Waals surface area contributed by atoms with E-state index in [-0.39, 0.29) is 23.8 Å². The van der Waals surface area contributed by atoms with Gasteiger partial charge in [0.2, 0.25) is 11.8 Å². The number of aryl methyl sites for hydroxylation is 1. The Bertz CT molecular complexity index is 625. The van der Waals surface area contributed by atoms with Crippen molar-refractivity contribution < 1.29 is 9.59 Å². The zero-order chi connectivity index (χ0) is 16.0. The van der Waals surface area contributed by atoms with Crippen LogP contribution in [0, 0.1) is 12.8 Å². The summed E-state index contributed by atoms with van der Waals surface area (Å²) in [5.74, 6) is 0.188. The number of piperidine rings is 1. The van der Waals surface area contributed by atoms with Gasteiger partial charge in [0, 0.05) is 36.6 Å². The summed E-state index contributed by atoms with van der Waals surface area (Å²) in [6.07, 6.45) is 5.81. The number of hydrogen-bond donors (Lipinski definition) is 0. The number of carbonyl (C=O) groups excluding carboxylic acids is 2. The minimum atomic E-state index is -0.148. The van der Waals surface area contributed by atoms with Crippen LogP contribution in [0.15, 0.2) is 5.38 Å².